The highest BCUT2D eigenvalue weighted by Gasteiger charge is 2.60. The number of Topliss-reactive ketones (excluding diaryl/α,β-unsaturated/α-hetero) is 1. The van der Waals surface area contributed by atoms with Crippen LogP contribution in [0.5, 0.6) is 0 Å². The van der Waals surface area contributed by atoms with Gasteiger partial charge in [-0.05, 0) is 82.5 Å². The van der Waals surface area contributed by atoms with Crippen molar-refractivity contribution in [1.82, 2.24) is 5.32 Å². The van der Waals surface area contributed by atoms with Crippen LogP contribution < -0.4 is 5.32 Å². The summed E-state index contributed by atoms with van der Waals surface area (Å²) in [6, 6.07) is 0. The molecular formula is C25H43NO4. The lowest BCUT2D eigenvalue weighted by Crippen LogP contribution is -2.54. The van der Waals surface area contributed by atoms with Crippen molar-refractivity contribution in [3.05, 3.63) is 0 Å². The first-order valence-electron chi connectivity index (χ1n) is 12.0. The Morgan fingerprint density at radius 3 is 2.27 bits per heavy atom. The molecule has 3 rings (SSSR count). The molecule has 6 atom stereocenters. The highest BCUT2D eigenvalue weighted by atomic mass is 16.4. The van der Waals surface area contributed by atoms with E-state index in [1.54, 1.807) is 0 Å². The zero-order valence-corrected chi connectivity index (χ0v) is 20.1. The summed E-state index contributed by atoms with van der Waals surface area (Å²) in [5, 5.41) is 12.4. The second kappa shape index (κ2) is 9.00. The summed E-state index contributed by atoms with van der Waals surface area (Å²) in [5.41, 5.74) is -0.756. The third-order valence-corrected chi connectivity index (χ3v) is 8.27. The van der Waals surface area contributed by atoms with Crippen LogP contribution in [0.2, 0.25) is 0 Å². The van der Waals surface area contributed by atoms with E-state index in [1.165, 1.54) is 0 Å². The first-order chi connectivity index (χ1) is 13.9. The highest BCUT2D eigenvalue weighted by molar-refractivity contribution is 5.86. The lowest BCUT2D eigenvalue weighted by atomic mass is 9.48. The van der Waals surface area contributed by atoms with E-state index < -0.39 is 11.4 Å². The predicted molar refractivity (Wildman–Crippen MR) is 119 cm³/mol. The van der Waals surface area contributed by atoms with Gasteiger partial charge >= 0.3 is 5.97 Å². The second-order valence-corrected chi connectivity index (χ2v) is 11.1. The largest absolute Gasteiger partial charge is 0.481 e. The Kier molecular flexibility index (Phi) is 7.46. The predicted octanol–water partition coefficient (Wildman–Crippen LogP) is 5.22. The number of carboxylic acids is 1. The van der Waals surface area contributed by atoms with Crippen LogP contribution in [-0.2, 0) is 14.4 Å². The first kappa shape index (κ1) is 24.9. The standard InChI is InChI=1S/C23H37NO4.C2H6/c1-21(2,3)24-20(28)17-8-7-15-14-6-9-18(25)23(5,13-11-19(26)27)16(14)10-12-22(15,17)4;1-2/h14-17H,6-13H2,1-5H3,(H,24,28)(H,26,27);1-2H3. The number of ketones is 1. The molecule has 0 aromatic carbocycles. The molecule has 0 bridgehead atoms. The smallest absolute Gasteiger partial charge is 0.303 e. The van der Waals surface area contributed by atoms with Crippen LogP contribution in [-0.4, -0.2) is 28.3 Å². The van der Waals surface area contributed by atoms with Gasteiger partial charge in [-0.3, -0.25) is 14.4 Å². The Labute approximate surface area is 182 Å². The third kappa shape index (κ3) is 4.60. The first-order valence-corrected chi connectivity index (χ1v) is 12.0. The van der Waals surface area contributed by atoms with Crippen LogP contribution in [0, 0.1) is 34.5 Å². The monoisotopic (exact) mass is 421 g/mol. The van der Waals surface area contributed by atoms with E-state index >= 15 is 0 Å². The number of hydrogen-bond acceptors (Lipinski definition) is 3. The van der Waals surface area contributed by atoms with Gasteiger partial charge in [0.15, 0.2) is 0 Å². The fraction of sp³-hybridized carbons (Fsp3) is 0.880. The van der Waals surface area contributed by atoms with Crippen molar-refractivity contribution in [1.29, 1.82) is 0 Å². The van der Waals surface area contributed by atoms with E-state index in [4.69, 9.17) is 5.11 Å². The van der Waals surface area contributed by atoms with Crippen molar-refractivity contribution >= 4 is 17.7 Å². The van der Waals surface area contributed by atoms with Crippen LogP contribution in [0.1, 0.15) is 99.8 Å². The molecule has 3 aliphatic rings. The summed E-state index contributed by atoms with van der Waals surface area (Å²) >= 11 is 0. The van der Waals surface area contributed by atoms with Gasteiger partial charge in [-0.1, -0.05) is 27.7 Å². The van der Waals surface area contributed by atoms with Crippen LogP contribution in [0.25, 0.3) is 0 Å². The van der Waals surface area contributed by atoms with Gasteiger partial charge in [-0.25, -0.2) is 0 Å². The Morgan fingerprint density at radius 1 is 1.07 bits per heavy atom. The summed E-state index contributed by atoms with van der Waals surface area (Å²) in [5.74, 6) is 0.796. The molecule has 172 valence electrons. The molecule has 5 heteroatoms. The Morgan fingerprint density at radius 2 is 1.70 bits per heavy atom. The van der Waals surface area contributed by atoms with Crippen LogP contribution in [0.4, 0.5) is 0 Å². The fourth-order valence-corrected chi connectivity index (χ4v) is 6.85. The van der Waals surface area contributed by atoms with Crippen molar-refractivity contribution in [2.75, 3.05) is 0 Å². The minimum atomic E-state index is -0.823. The molecule has 0 aromatic heterocycles. The molecule has 0 radical (unpaired) electrons. The van der Waals surface area contributed by atoms with Gasteiger partial charge in [-0.2, -0.15) is 0 Å². The molecule has 1 amide bonds. The average molecular weight is 422 g/mol. The van der Waals surface area contributed by atoms with Crippen molar-refractivity contribution in [3.8, 4) is 0 Å². The van der Waals surface area contributed by atoms with Gasteiger partial charge in [0.1, 0.15) is 5.78 Å². The molecule has 3 aliphatic carbocycles. The van der Waals surface area contributed by atoms with E-state index in [0.717, 1.165) is 32.1 Å². The molecule has 3 fully saturated rings. The number of carbonyl (C=O) groups is 3. The van der Waals surface area contributed by atoms with Crippen LogP contribution in [0.3, 0.4) is 0 Å². The number of aliphatic carboxylic acids is 1. The van der Waals surface area contributed by atoms with Crippen LogP contribution in [0.15, 0.2) is 0 Å². The molecule has 0 aromatic rings. The molecule has 30 heavy (non-hydrogen) atoms. The van der Waals surface area contributed by atoms with Gasteiger partial charge in [0.25, 0.3) is 0 Å². The zero-order chi connectivity index (χ0) is 22.9. The van der Waals surface area contributed by atoms with E-state index in [2.05, 4.69) is 12.2 Å². The third-order valence-electron chi connectivity index (χ3n) is 8.27. The van der Waals surface area contributed by atoms with E-state index in [-0.39, 0.29) is 40.9 Å². The van der Waals surface area contributed by atoms with Gasteiger partial charge in [0, 0.05) is 29.7 Å². The number of amides is 1. The number of carbonyl (C=O) groups excluding carboxylic acids is 2. The van der Waals surface area contributed by atoms with E-state index in [9.17, 15) is 14.4 Å². The summed E-state index contributed by atoms with van der Waals surface area (Å²) in [6.07, 6.45) is 5.82. The maximum atomic E-state index is 13.0. The number of carboxylic acid groups (broad SMARTS) is 1. The number of rotatable bonds is 4. The normalized spacial score (nSPS) is 38.0. The molecule has 5 nitrogen and oxygen atoms in total. The van der Waals surface area contributed by atoms with Crippen molar-refractivity contribution in [2.24, 2.45) is 34.5 Å². The summed E-state index contributed by atoms with van der Waals surface area (Å²) in [4.78, 5) is 37.0. The lowest BCUT2D eigenvalue weighted by Gasteiger charge is -2.55. The van der Waals surface area contributed by atoms with E-state index in [0.29, 0.717) is 24.7 Å². The minimum absolute atomic E-state index is 0.00933. The molecular weight excluding hydrogens is 378 g/mol. The Hall–Kier alpha value is -1.39. The zero-order valence-electron chi connectivity index (χ0n) is 20.1. The highest BCUT2D eigenvalue weighted by Crippen LogP contribution is 2.64. The van der Waals surface area contributed by atoms with E-state index in [1.807, 2.05) is 41.5 Å². The van der Waals surface area contributed by atoms with Crippen LogP contribution >= 0.6 is 0 Å². The SMILES string of the molecule is CC.CC(C)(C)NC(=O)C1CCC2C3CCC(=O)C(C)(CCC(=O)O)C3CCC12C. The maximum absolute atomic E-state index is 13.0. The van der Waals surface area contributed by atoms with Crippen molar-refractivity contribution in [2.45, 2.75) is 105 Å². The molecule has 2 N–H and O–H groups in total. The topological polar surface area (TPSA) is 83.5 Å². The number of fused-ring (bicyclic) bond motifs is 3. The molecule has 0 saturated heterocycles. The maximum Gasteiger partial charge on any atom is 0.303 e. The van der Waals surface area contributed by atoms with Gasteiger partial charge in [-0.15, -0.1) is 0 Å². The number of nitrogens with one attached hydrogen (secondary N) is 1. The Bertz CT molecular complexity index is 667. The summed E-state index contributed by atoms with van der Waals surface area (Å²) in [6.45, 7) is 14.4. The molecule has 0 heterocycles. The molecule has 6 unspecified atom stereocenters. The quantitative estimate of drug-likeness (QED) is 0.652. The van der Waals surface area contributed by atoms with Crippen molar-refractivity contribution < 1.29 is 19.5 Å². The number of hydrogen-bond donors (Lipinski definition) is 2. The fourth-order valence-electron chi connectivity index (χ4n) is 6.85. The summed E-state index contributed by atoms with van der Waals surface area (Å²) in [7, 11) is 0. The lowest BCUT2D eigenvalue weighted by molar-refractivity contribution is -0.150. The van der Waals surface area contributed by atoms with Gasteiger partial charge in [0.2, 0.25) is 5.91 Å². The van der Waals surface area contributed by atoms with Gasteiger partial charge in [0.05, 0.1) is 0 Å². The summed E-state index contributed by atoms with van der Waals surface area (Å²) < 4.78 is 0. The molecule has 0 spiro atoms. The molecule has 0 aliphatic heterocycles. The second-order valence-electron chi connectivity index (χ2n) is 11.1. The van der Waals surface area contributed by atoms with Gasteiger partial charge < -0.3 is 10.4 Å². The Balaban J connectivity index is 0.00000155. The van der Waals surface area contributed by atoms with Crippen molar-refractivity contribution in [3.63, 3.8) is 0 Å². The minimum Gasteiger partial charge on any atom is -0.481 e. The molecule has 3 saturated carbocycles. The average Bonchev–Trinajstić information content (AvgIpc) is 3.01.